The fourth-order valence-corrected chi connectivity index (χ4v) is 2.73. The van der Waals surface area contributed by atoms with E-state index in [0.717, 1.165) is 43.8 Å². The van der Waals surface area contributed by atoms with Gasteiger partial charge in [0.25, 0.3) is 0 Å². The van der Waals surface area contributed by atoms with Crippen LogP contribution in [0.2, 0.25) is 5.02 Å². The fraction of sp³-hybridized carbons (Fsp3) is 0.533. The van der Waals surface area contributed by atoms with Crippen LogP contribution in [-0.2, 0) is 4.74 Å². The third-order valence-corrected chi connectivity index (χ3v) is 3.88. The van der Waals surface area contributed by atoms with Crippen molar-refractivity contribution in [1.29, 1.82) is 0 Å². The first-order chi connectivity index (χ1) is 10.2. The number of guanidine groups is 1. The minimum atomic E-state index is 0. The van der Waals surface area contributed by atoms with E-state index < -0.39 is 0 Å². The molecule has 0 amide bonds. The van der Waals surface area contributed by atoms with Crippen molar-refractivity contribution in [3.8, 4) is 0 Å². The molecule has 1 aliphatic heterocycles. The van der Waals surface area contributed by atoms with E-state index in [1.807, 2.05) is 25.2 Å². The molecule has 2 N–H and O–H groups in total. The van der Waals surface area contributed by atoms with Crippen LogP contribution in [0.25, 0.3) is 0 Å². The van der Waals surface area contributed by atoms with Gasteiger partial charge in [-0.3, -0.25) is 9.89 Å². The maximum absolute atomic E-state index is 6.15. The Labute approximate surface area is 154 Å². The van der Waals surface area contributed by atoms with Crippen molar-refractivity contribution in [2.24, 2.45) is 4.99 Å². The zero-order chi connectivity index (χ0) is 15.1. The predicted molar refractivity (Wildman–Crippen MR) is 102 cm³/mol. The van der Waals surface area contributed by atoms with Crippen molar-refractivity contribution >= 4 is 41.5 Å². The molecule has 5 nitrogen and oxygen atoms in total. The molecule has 22 heavy (non-hydrogen) atoms. The molecule has 1 aromatic rings. The summed E-state index contributed by atoms with van der Waals surface area (Å²) in [5, 5.41) is 7.16. The van der Waals surface area contributed by atoms with E-state index in [2.05, 4.69) is 26.6 Å². The first kappa shape index (κ1) is 19.5. The average Bonchev–Trinajstić information content (AvgIpc) is 2.52. The Balaban J connectivity index is 0.00000242. The second-order valence-electron chi connectivity index (χ2n) is 4.92. The van der Waals surface area contributed by atoms with Crippen molar-refractivity contribution in [3.05, 3.63) is 34.9 Å². The van der Waals surface area contributed by atoms with Crippen LogP contribution in [0.1, 0.15) is 11.6 Å². The smallest absolute Gasteiger partial charge is 0.190 e. The molecule has 1 aromatic carbocycles. The summed E-state index contributed by atoms with van der Waals surface area (Å²) in [5.41, 5.74) is 1.21. The summed E-state index contributed by atoms with van der Waals surface area (Å²) in [6, 6.07) is 8.30. The van der Waals surface area contributed by atoms with E-state index in [1.165, 1.54) is 5.56 Å². The lowest BCUT2D eigenvalue weighted by molar-refractivity contribution is 0.0170. The minimum absolute atomic E-state index is 0. The average molecular weight is 439 g/mol. The number of hydrogen-bond acceptors (Lipinski definition) is 3. The van der Waals surface area contributed by atoms with Crippen molar-refractivity contribution in [2.45, 2.75) is 6.04 Å². The highest BCUT2D eigenvalue weighted by Crippen LogP contribution is 2.23. The normalized spacial score (nSPS) is 17.5. The fourth-order valence-electron chi connectivity index (χ4n) is 2.53. The number of nitrogens with one attached hydrogen (secondary N) is 2. The lowest BCUT2D eigenvalue weighted by atomic mass is 10.0. The Morgan fingerprint density at radius 2 is 2.14 bits per heavy atom. The second-order valence-corrected chi connectivity index (χ2v) is 5.36. The van der Waals surface area contributed by atoms with Crippen LogP contribution >= 0.6 is 35.6 Å². The number of morpholine rings is 1. The molecule has 1 atom stereocenters. The van der Waals surface area contributed by atoms with Crippen LogP contribution in [0.3, 0.4) is 0 Å². The molecule has 0 saturated carbocycles. The van der Waals surface area contributed by atoms with Crippen LogP contribution in [0.15, 0.2) is 29.3 Å². The van der Waals surface area contributed by atoms with Gasteiger partial charge in [-0.15, -0.1) is 24.0 Å². The van der Waals surface area contributed by atoms with Gasteiger partial charge in [0.15, 0.2) is 5.96 Å². The number of nitrogens with zero attached hydrogens (tertiary/aromatic N) is 2. The van der Waals surface area contributed by atoms with E-state index in [9.17, 15) is 0 Å². The molecule has 2 rings (SSSR count). The topological polar surface area (TPSA) is 48.9 Å². The summed E-state index contributed by atoms with van der Waals surface area (Å²) in [7, 11) is 3.63. The summed E-state index contributed by atoms with van der Waals surface area (Å²) in [6.45, 7) is 4.18. The molecule has 1 saturated heterocycles. The van der Waals surface area contributed by atoms with Crippen LogP contribution in [0, 0.1) is 0 Å². The largest absolute Gasteiger partial charge is 0.379 e. The summed E-state index contributed by atoms with van der Waals surface area (Å²) >= 11 is 6.15. The molecule has 1 fully saturated rings. The van der Waals surface area contributed by atoms with Gasteiger partial charge >= 0.3 is 0 Å². The van der Waals surface area contributed by atoms with Gasteiger partial charge in [-0.25, -0.2) is 0 Å². The number of rotatable bonds is 4. The molecular weight excluding hydrogens is 415 g/mol. The minimum Gasteiger partial charge on any atom is -0.379 e. The number of benzene rings is 1. The van der Waals surface area contributed by atoms with Gasteiger partial charge < -0.3 is 15.4 Å². The molecule has 1 unspecified atom stereocenters. The lowest BCUT2D eigenvalue weighted by Crippen LogP contribution is -2.45. The van der Waals surface area contributed by atoms with Gasteiger partial charge in [0.1, 0.15) is 0 Å². The highest BCUT2D eigenvalue weighted by Gasteiger charge is 2.22. The first-order valence-corrected chi connectivity index (χ1v) is 7.58. The van der Waals surface area contributed by atoms with E-state index in [0.29, 0.717) is 0 Å². The van der Waals surface area contributed by atoms with E-state index in [-0.39, 0.29) is 30.0 Å². The Kier molecular flexibility index (Phi) is 9.08. The van der Waals surface area contributed by atoms with Crippen molar-refractivity contribution in [2.75, 3.05) is 46.9 Å². The van der Waals surface area contributed by atoms with Crippen molar-refractivity contribution < 1.29 is 4.74 Å². The molecule has 7 heteroatoms. The third kappa shape index (κ3) is 5.57. The van der Waals surface area contributed by atoms with Gasteiger partial charge in [-0.1, -0.05) is 23.7 Å². The summed E-state index contributed by atoms with van der Waals surface area (Å²) in [5.74, 6) is 0.787. The van der Waals surface area contributed by atoms with Gasteiger partial charge in [0, 0.05) is 38.8 Å². The molecule has 0 aliphatic carbocycles. The SMILES string of the molecule is CN=C(NC)NCC(c1cccc(Cl)c1)N1CCOCC1.I. The maximum Gasteiger partial charge on any atom is 0.190 e. The summed E-state index contributed by atoms with van der Waals surface area (Å²) < 4.78 is 5.45. The zero-order valence-electron chi connectivity index (χ0n) is 13.0. The second kappa shape index (κ2) is 10.3. The van der Waals surface area contributed by atoms with Crippen molar-refractivity contribution in [1.82, 2.24) is 15.5 Å². The third-order valence-electron chi connectivity index (χ3n) is 3.64. The molecule has 0 aromatic heterocycles. The molecule has 124 valence electrons. The van der Waals surface area contributed by atoms with Gasteiger partial charge in [0.05, 0.1) is 19.3 Å². The van der Waals surface area contributed by atoms with Crippen LogP contribution in [0.4, 0.5) is 0 Å². The number of halogens is 2. The highest BCUT2D eigenvalue weighted by atomic mass is 127. The van der Waals surface area contributed by atoms with E-state index in [1.54, 1.807) is 7.05 Å². The van der Waals surface area contributed by atoms with E-state index in [4.69, 9.17) is 16.3 Å². The van der Waals surface area contributed by atoms with Gasteiger partial charge in [0.2, 0.25) is 0 Å². The lowest BCUT2D eigenvalue weighted by Gasteiger charge is -2.35. The molecule has 1 heterocycles. The molecule has 0 bridgehead atoms. The Hall–Kier alpha value is -0.570. The van der Waals surface area contributed by atoms with Crippen LogP contribution < -0.4 is 10.6 Å². The first-order valence-electron chi connectivity index (χ1n) is 7.20. The predicted octanol–water partition coefficient (Wildman–Crippen LogP) is 2.13. The summed E-state index contributed by atoms with van der Waals surface area (Å²) in [4.78, 5) is 6.58. The molecule has 0 spiro atoms. The van der Waals surface area contributed by atoms with Crippen LogP contribution in [0.5, 0.6) is 0 Å². The number of aliphatic imine (C=N–C) groups is 1. The monoisotopic (exact) mass is 438 g/mol. The maximum atomic E-state index is 6.15. The van der Waals surface area contributed by atoms with Gasteiger partial charge in [-0.05, 0) is 17.7 Å². The van der Waals surface area contributed by atoms with Crippen LogP contribution in [-0.4, -0.2) is 57.8 Å². The molecule has 0 radical (unpaired) electrons. The highest BCUT2D eigenvalue weighted by molar-refractivity contribution is 14.0. The van der Waals surface area contributed by atoms with Gasteiger partial charge in [-0.2, -0.15) is 0 Å². The molecule has 1 aliphatic rings. The Morgan fingerprint density at radius 1 is 1.41 bits per heavy atom. The van der Waals surface area contributed by atoms with Crippen molar-refractivity contribution in [3.63, 3.8) is 0 Å². The van der Waals surface area contributed by atoms with E-state index >= 15 is 0 Å². The number of ether oxygens (including phenoxy) is 1. The number of hydrogen-bond donors (Lipinski definition) is 2. The zero-order valence-corrected chi connectivity index (χ0v) is 16.1. The molecular formula is C15H24ClIN4O. The Bertz CT molecular complexity index is 480. The summed E-state index contributed by atoms with van der Waals surface area (Å²) in [6.07, 6.45) is 0. The standard InChI is InChI=1S/C15H23ClN4O.HI/c1-17-15(18-2)19-11-14(20-6-8-21-9-7-20)12-4-3-5-13(16)10-12;/h3-5,10,14H,6-9,11H2,1-2H3,(H2,17,18,19);1H. The Morgan fingerprint density at radius 3 is 2.73 bits per heavy atom. The quantitative estimate of drug-likeness (QED) is 0.430.